The third kappa shape index (κ3) is 3.91. The maximum Gasteiger partial charge on any atom is 0.411 e. The lowest BCUT2D eigenvalue weighted by Gasteiger charge is -2.39. The Hall–Kier alpha value is -2.57. The molecule has 2 aliphatic rings. The molecular formula is C20H26N2O5. The number of benzene rings is 1. The van der Waals surface area contributed by atoms with E-state index in [0.29, 0.717) is 32.4 Å². The molecule has 146 valence electrons. The van der Waals surface area contributed by atoms with Gasteiger partial charge in [0.15, 0.2) is 0 Å². The minimum Gasteiger partial charge on any atom is -0.480 e. The molecule has 1 aromatic rings. The van der Waals surface area contributed by atoms with Crippen molar-refractivity contribution in [3.63, 3.8) is 0 Å². The van der Waals surface area contributed by atoms with Crippen molar-refractivity contribution in [3.05, 3.63) is 35.4 Å². The van der Waals surface area contributed by atoms with Crippen LogP contribution in [0.4, 0.5) is 4.79 Å². The van der Waals surface area contributed by atoms with Crippen LogP contribution in [0.5, 0.6) is 0 Å². The fraction of sp³-hybridized carbons (Fsp3) is 0.550. The van der Waals surface area contributed by atoms with Crippen molar-refractivity contribution in [3.8, 4) is 0 Å². The van der Waals surface area contributed by atoms with E-state index in [1.165, 1.54) is 9.80 Å². The van der Waals surface area contributed by atoms with Gasteiger partial charge in [0.2, 0.25) is 0 Å². The van der Waals surface area contributed by atoms with Crippen molar-refractivity contribution in [1.82, 2.24) is 9.80 Å². The van der Waals surface area contributed by atoms with E-state index in [2.05, 4.69) is 0 Å². The average molecular weight is 374 g/mol. The van der Waals surface area contributed by atoms with Crippen LogP contribution in [0.25, 0.3) is 0 Å². The highest BCUT2D eigenvalue weighted by Gasteiger charge is 2.44. The van der Waals surface area contributed by atoms with Gasteiger partial charge in [0.05, 0.1) is 0 Å². The summed E-state index contributed by atoms with van der Waals surface area (Å²) in [6, 6.07) is 5.81. The average Bonchev–Trinajstić information content (AvgIpc) is 3.08. The van der Waals surface area contributed by atoms with E-state index in [4.69, 9.17) is 4.74 Å². The van der Waals surface area contributed by atoms with Gasteiger partial charge in [-0.1, -0.05) is 24.3 Å². The fourth-order valence-corrected chi connectivity index (χ4v) is 3.79. The molecule has 7 heteroatoms. The number of hydrogen-bond acceptors (Lipinski definition) is 4. The first kappa shape index (κ1) is 19.2. The van der Waals surface area contributed by atoms with Crippen LogP contribution in [0.3, 0.4) is 0 Å². The molecule has 2 aliphatic heterocycles. The molecule has 0 radical (unpaired) electrons. The van der Waals surface area contributed by atoms with Crippen LogP contribution in [0.15, 0.2) is 24.3 Å². The number of hydrogen-bond donors (Lipinski definition) is 1. The lowest BCUT2D eigenvalue weighted by atomic mass is 9.92. The third-order valence-electron chi connectivity index (χ3n) is 4.97. The summed E-state index contributed by atoms with van der Waals surface area (Å²) in [6.07, 6.45) is 1.15. The smallest absolute Gasteiger partial charge is 0.411 e. The number of aliphatic carboxylic acids is 1. The predicted molar refractivity (Wildman–Crippen MR) is 98.2 cm³/mol. The Balaban J connectivity index is 1.96. The Morgan fingerprint density at radius 2 is 1.81 bits per heavy atom. The van der Waals surface area contributed by atoms with E-state index < -0.39 is 29.7 Å². The number of carboxylic acid groups (broad SMARTS) is 1. The summed E-state index contributed by atoms with van der Waals surface area (Å²) >= 11 is 0. The van der Waals surface area contributed by atoms with Gasteiger partial charge < -0.3 is 14.7 Å². The molecule has 0 unspecified atom stereocenters. The molecule has 1 N–H and O–H groups in total. The van der Waals surface area contributed by atoms with Crippen LogP contribution in [-0.2, 0) is 20.7 Å². The fourth-order valence-electron chi connectivity index (χ4n) is 3.79. The highest BCUT2D eigenvalue weighted by Crippen LogP contribution is 2.34. The van der Waals surface area contributed by atoms with Gasteiger partial charge in [-0.05, 0) is 51.2 Å². The van der Waals surface area contributed by atoms with E-state index in [0.717, 1.165) is 11.1 Å². The largest absolute Gasteiger partial charge is 0.480 e. The Kier molecular flexibility index (Phi) is 5.13. The number of ether oxygens (including phenoxy) is 1. The molecular weight excluding hydrogens is 348 g/mol. The highest BCUT2D eigenvalue weighted by molar-refractivity contribution is 5.91. The van der Waals surface area contributed by atoms with Gasteiger partial charge in [-0.2, -0.15) is 0 Å². The number of carbonyl (C=O) groups is 3. The van der Waals surface area contributed by atoms with Crippen LogP contribution in [-0.4, -0.2) is 57.6 Å². The molecule has 1 fully saturated rings. The van der Waals surface area contributed by atoms with E-state index >= 15 is 0 Å². The zero-order valence-corrected chi connectivity index (χ0v) is 16.0. The zero-order chi connectivity index (χ0) is 19.8. The number of carboxylic acids is 1. The summed E-state index contributed by atoms with van der Waals surface area (Å²) in [5.74, 6) is -1.35. The van der Waals surface area contributed by atoms with Crippen molar-refractivity contribution < 1.29 is 24.2 Å². The molecule has 3 rings (SSSR count). The molecule has 2 amide bonds. The second-order valence-corrected chi connectivity index (χ2v) is 8.05. The minimum atomic E-state index is -1.01. The van der Waals surface area contributed by atoms with Crippen LogP contribution < -0.4 is 0 Å². The Labute approximate surface area is 158 Å². The molecule has 0 aromatic heterocycles. The van der Waals surface area contributed by atoms with Crippen LogP contribution in [0.1, 0.15) is 50.8 Å². The van der Waals surface area contributed by atoms with Gasteiger partial charge in [0, 0.05) is 13.1 Å². The minimum absolute atomic E-state index is 0.349. The van der Waals surface area contributed by atoms with Crippen molar-refractivity contribution in [2.24, 2.45) is 0 Å². The Bertz CT molecular complexity index is 755. The number of likely N-dealkylation sites (tertiary alicyclic amines) is 1. The maximum atomic E-state index is 13.4. The van der Waals surface area contributed by atoms with Crippen LogP contribution >= 0.6 is 0 Å². The highest BCUT2D eigenvalue weighted by atomic mass is 16.6. The molecule has 0 spiro atoms. The summed E-state index contributed by atoms with van der Waals surface area (Å²) in [6.45, 7) is 6.08. The first-order chi connectivity index (χ1) is 12.7. The zero-order valence-electron chi connectivity index (χ0n) is 16.0. The Morgan fingerprint density at radius 1 is 1.11 bits per heavy atom. The van der Waals surface area contributed by atoms with Crippen molar-refractivity contribution >= 4 is 18.0 Å². The van der Waals surface area contributed by atoms with Crippen molar-refractivity contribution in [2.45, 2.75) is 57.7 Å². The molecule has 0 aliphatic carbocycles. The second kappa shape index (κ2) is 7.21. The van der Waals surface area contributed by atoms with Gasteiger partial charge in [-0.15, -0.1) is 0 Å². The molecule has 27 heavy (non-hydrogen) atoms. The summed E-state index contributed by atoms with van der Waals surface area (Å²) in [4.78, 5) is 40.5. The first-order valence-corrected chi connectivity index (χ1v) is 9.30. The van der Waals surface area contributed by atoms with E-state index in [1.807, 2.05) is 24.3 Å². The lowest BCUT2D eigenvalue weighted by molar-refractivity contribution is -0.150. The first-order valence-electron chi connectivity index (χ1n) is 9.30. The standard InChI is InChI=1S/C20H26N2O5/c1-20(2,3)27-19(26)22-12-10-13-7-4-5-8-14(13)16(22)17(23)21-11-6-9-15(21)18(24)25/h4-5,7-8,15-16H,6,9-12H2,1-3H3,(H,24,25)/t15-,16+/m0/s1. The quantitative estimate of drug-likeness (QED) is 0.860. The molecule has 1 aromatic carbocycles. The lowest BCUT2D eigenvalue weighted by Crippen LogP contribution is -2.51. The number of carbonyl (C=O) groups excluding carboxylic acids is 2. The normalized spacial score (nSPS) is 22.3. The molecule has 2 heterocycles. The predicted octanol–water partition coefficient (Wildman–Crippen LogP) is 2.60. The maximum absolute atomic E-state index is 13.4. The van der Waals surface area contributed by atoms with Gasteiger partial charge in [0.1, 0.15) is 17.7 Å². The molecule has 0 bridgehead atoms. The van der Waals surface area contributed by atoms with Gasteiger partial charge in [-0.25, -0.2) is 9.59 Å². The summed E-state index contributed by atoms with van der Waals surface area (Å²) < 4.78 is 5.51. The van der Waals surface area contributed by atoms with Gasteiger partial charge in [0.25, 0.3) is 5.91 Å². The second-order valence-electron chi connectivity index (χ2n) is 8.05. The number of nitrogens with zero attached hydrogens (tertiary/aromatic N) is 2. The molecule has 7 nitrogen and oxygen atoms in total. The molecule has 0 saturated carbocycles. The number of amides is 2. The number of fused-ring (bicyclic) bond motifs is 1. The monoisotopic (exact) mass is 374 g/mol. The van der Waals surface area contributed by atoms with Crippen LogP contribution in [0, 0.1) is 0 Å². The molecule has 1 saturated heterocycles. The Morgan fingerprint density at radius 3 is 2.48 bits per heavy atom. The van der Waals surface area contributed by atoms with Gasteiger partial charge >= 0.3 is 12.1 Å². The summed E-state index contributed by atoms with van der Waals surface area (Å²) in [5, 5.41) is 9.45. The van der Waals surface area contributed by atoms with Gasteiger partial charge in [-0.3, -0.25) is 9.69 Å². The molecule has 2 atom stereocenters. The number of rotatable bonds is 2. The topological polar surface area (TPSA) is 87.2 Å². The van der Waals surface area contributed by atoms with Crippen molar-refractivity contribution in [2.75, 3.05) is 13.1 Å². The summed E-state index contributed by atoms with van der Waals surface area (Å²) in [5.41, 5.74) is 1.07. The summed E-state index contributed by atoms with van der Waals surface area (Å²) in [7, 11) is 0. The van der Waals surface area contributed by atoms with Crippen LogP contribution in [0.2, 0.25) is 0 Å². The van der Waals surface area contributed by atoms with Crippen molar-refractivity contribution in [1.29, 1.82) is 0 Å². The SMILES string of the molecule is CC(C)(C)OC(=O)N1CCc2ccccc2[C@@H]1C(=O)N1CCC[C@H]1C(=O)O. The van der Waals surface area contributed by atoms with E-state index in [9.17, 15) is 19.5 Å². The van der Waals surface area contributed by atoms with E-state index in [-0.39, 0.29) is 5.91 Å². The van der Waals surface area contributed by atoms with E-state index in [1.54, 1.807) is 20.8 Å². The third-order valence-corrected chi connectivity index (χ3v) is 4.97.